The summed E-state index contributed by atoms with van der Waals surface area (Å²) in [5.74, 6) is 1.17. The molecule has 7 heteroatoms. The highest BCUT2D eigenvalue weighted by atomic mass is 32.2. The Morgan fingerprint density at radius 3 is 2.88 bits per heavy atom. The molecule has 0 spiro atoms. The van der Waals surface area contributed by atoms with Crippen molar-refractivity contribution in [3.8, 4) is 5.88 Å². The minimum atomic E-state index is -3.38. The second-order valence-electron chi connectivity index (χ2n) is 3.44. The largest absolute Gasteiger partial charge is 0.478 e. The van der Waals surface area contributed by atoms with E-state index in [-0.39, 0.29) is 5.75 Å². The average molecular weight is 259 g/mol. The summed E-state index contributed by atoms with van der Waals surface area (Å²) in [6.07, 6.45) is 0.444. The number of pyridine rings is 1. The SMILES string of the molecule is CCOc1cccc(NCCCS(N)(=O)=O)n1. The smallest absolute Gasteiger partial charge is 0.215 e. The van der Waals surface area contributed by atoms with Crippen LogP contribution in [0.25, 0.3) is 0 Å². The minimum absolute atomic E-state index is 0.0366. The van der Waals surface area contributed by atoms with Gasteiger partial charge in [0, 0.05) is 12.6 Å². The number of ether oxygens (including phenoxy) is 1. The van der Waals surface area contributed by atoms with Crippen LogP contribution in [-0.2, 0) is 10.0 Å². The third-order valence-electron chi connectivity index (χ3n) is 1.93. The first kappa shape index (κ1) is 13.7. The van der Waals surface area contributed by atoms with E-state index in [1.807, 2.05) is 13.0 Å². The summed E-state index contributed by atoms with van der Waals surface area (Å²) in [5, 5.41) is 7.89. The number of nitrogens with two attached hydrogens (primary N) is 1. The van der Waals surface area contributed by atoms with Gasteiger partial charge in [-0.15, -0.1) is 0 Å². The van der Waals surface area contributed by atoms with E-state index in [0.29, 0.717) is 31.3 Å². The fraction of sp³-hybridized carbons (Fsp3) is 0.500. The van der Waals surface area contributed by atoms with E-state index in [4.69, 9.17) is 9.88 Å². The number of nitrogens with zero attached hydrogens (tertiary/aromatic N) is 1. The van der Waals surface area contributed by atoms with Crippen LogP contribution in [0, 0.1) is 0 Å². The molecule has 6 nitrogen and oxygen atoms in total. The molecule has 0 saturated carbocycles. The summed E-state index contributed by atoms with van der Waals surface area (Å²) in [5.41, 5.74) is 0. The van der Waals surface area contributed by atoms with Gasteiger partial charge in [-0.05, 0) is 19.4 Å². The van der Waals surface area contributed by atoms with Crippen molar-refractivity contribution < 1.29 is 13.2 Å². The van der Waals surface area contributed by atoms with Crippen molar-refractivity contribution in [3.05, 3.63) is 18.2 Å². The van der Waals surface area contributed by atoms with Crippen molar-refractivity contribution in [2.45, 2.75) is 13.3 Å². The predicted molar refractivity (Wildman–Crippen MR) is 66.5 cm³/mol. The monoisotopic (exact) mass is 259 g/mol. The molecule has 1 heterocycles. The van der Waals surface area contributed by atoms with E-state index in [0.717, 1.165) is 0 Å². The Morgan fingerprint density at radius 1 is 1.47 bits per heavy atom. The second kappa shape index (κ2) is 6.41. The van der Waals surface area contributed by atoms with Crippen LogP contribution < -0.4 is 15.2 Å². The Morgan fingerprint density at radius 2 is 2.24 bits per heavy atom. The molecule has 1 aromatic rings. The molecule has 0 bridgehead atoms. The van der Waals surface area contributed by atoms with Crippen molar-refractivity contribution in [1.82, 2.24) is 4.98 Å². The Kier molecular flexibility index (Phi) is 5.17. The molecule has 0 aromatic carbocycles. The van der Waals surface area contributed by atoms with Gasteiger partial charge in [0.1, 0.15) is 5.82 Å². The summed E-state index contributed by atoms with van der Waals surface area (Å²) in [6.45, 7) is 2.94. The summed E-state index contributed by atoms with van der Waals surface area (Å²) >= 11 is 0. The Bertz CT molecular complexity index is 448. The van der Waals surface area contributed by atoms with Crippen LogP contribution in [0.5, 0.6) is 5.88 Å². The van der Waals surface area contributed by atoms with Crippen LogP contribution in [0.15, 0.2) is 18.2 Å². The molecule has 0 aliphatic heterocycles. The second-order valence-corrected chi connectivity index (χ2v) is 5.18. The lowest BCUT2D eigenvalue weighted by Gasteiger charge is -2.07. The van der Waals surface area contributed by atoms with Gasteiger partial charge in [0.2, 0.25) is 15.9 Å². The van der Waals surface area contributed by atoms with E-state index in [1.54, 1.807) is 12.1 Å². The number of anilines is 1. The summed E-state index contributed by atoms with van der Waals surface area (Å²) in [7, 11) is -3.38. The van der Waals surface area contributed by atoms with E-state index in [1.165, 1.54) is 0 Å². The van der Waals surface area contributed by atoms with Crippen LogP contribution >= 0.6 is 0 Å². The molecule has 0 amide bonds. The number of nitrogens with one attached hydrogen (secondary N) is 1. The van der Waals surface area contributed by atoms with Gasteiger partial charge in [-0.3, -0.25) is 0 Å². The molecular formula is C10H17N3O3S. The Labute approximate surface area is 101 Å². The first-order chi connectivity index (χ1) is 8.01. The molecule has 0 aliphatic carbocycles. The van der Waals surface area contributed by atoms with Crippen LogP contribution in [0.4, 0.5) is 5.82 Å². The third kappa shape index (κ3) is 6.08. The van der Waals surface area contributed by atoms with Crippen molar-refractivity contribution in [2.75, 3.05) is 24.2 Å². The van der Waals surface area contributed by atoms with Crippen molar-refractivity contribution >= 4 is 15.8 Å². The van der Waals surface area contributed by atoms with E-state index in [9.17, 15) is 8.42 Å². The zero-order valence-electron chi connectivity index (χ0n) is 9.72. The van der Waals surface area contributed by atoms with E-state index < -0.39 is 10.0 Å². The lowest BCUT2D eigenvalue weighted by Crippen LogP contribution is -2.18. The summed E-state index contributed by atoms with van der Waals surface area (Å²) < 4.78 is 26.6. The molecule has 0 radical (unpaired) electrons. The zero-order chi connectivity index (χ0) is 12.7. The minimum Gasteiger partial charge on any atom is -0.478 e. The van der Waals surface area contributed by atoms with Gasteiger partial charge in [0.15, 0.2) is 0 Å². The van der Waals surface area contributed by atoms with E-state index in [2.05, 4.69) is 10.3 Å². The highest BCUT2D eigenvalue weighted by molar-refractivity contribution is 7.89. The average Bonchev–Trinajstić information content (AvgIpc) is 2.24. The molecular weight excluding hydrogens is 242 g/mol. The predicted octanol–water partition coefficient (Wildman–Crippen LogP) is 0.571. The van der Waals surface area contributed by atoms with Crippen molar-refractivity contribution in [3.63, 3.8) is 0 Å². The van der Waals surface area contributed by atoms with E-state index >= 15 is 0 Å². The zero-order valence-corrected chi connectivity index (χ0v) is 10.5. The first-order valence-corrected chi connectivity index (χ1v) is 7.07. The van der Waals surface area contributed by atoms with Gasteiger partial charge in [-0.1, -0.05) is 6.07 Å². The Balaban J connectivity index is 2.38. The standard InChI is InChI=1S/C10H17N3O3S/c1-2-16-10-6-3-5-9(13-10)12-7-4-8-17(11,14)15/h3,5-6H,2,4,7-8H2,1H3,(H,12,13)(H2,11,14,15). The van der Waals surface area contributed by atoms with Gasteiger partial charge >= 0.3 is 0 Å². The third-order valence-corrected chi connectivity index (χ3v) is 2.79. The quantitative estimate of drug-likeness (QED) is 0.698. The van der Waals surface area contributed by atoms with Gasteiger partial charge < -0.3 is 10.1 Å². The van der Waals surface area contributed by atoms with Gasteiger partial charge in [0.05, 0.1) is 12.4 Å². The molecule has 17 heavy (non-hydrogen) atoms. The molecule has 0 fully saturated rings. The summed E-state index contributed by atoms with van der Waals surface area (Å²) in [6, 6.07) is 5.37. The fourth-order valence-electron chi connectivity index (χ4n) is 1.23. The van der Waals surface area contributed by atoms with Gasteiger partial charge in [-0.25, -0.2) is 13.6 Å². The number of sulfonamides is 1. The first-order valence-electron chi connectivity index (χ1n) is 5.35. The fourth-order valence-corrected chi connectivity index (χ4v) is 1.78. The van der Waals surface area contributed by atoms with Crippen LogP contribution in [0.1, 0.15) is 13.3 Å². The molecule has 1 aromatic heterocycles. The molecule has 3 N–H and O–H groups in total. The van der Waals surface area contributed by atoms with Gasteiger partial charge in [-0.2, -0.15) is 4.98 Å². The van der Waals surface area contributed by atoms with Crippen LogP contribution in [-0.4, -0.2) is 32.3 Å². The molecule has 0 aliphatic rings. The lowest BCUT2D eigenvalue weighted by molar-refractivity contribution is 0.327. The number of rotatable bonds is 7. The molecule has 0 saturated heterocycles. The Hall–Kier alpha value is -1.34. The topological polar surface area (TPSA) is 94.3 Å². The molecule has 96 valence electrons. The normalized spacial score (nSPS) is 11.2. The maximum Gasteiger partial charge on any atom is 0.215 e. The number of primary sulfonamides is 1. The lowest BCUT2D eigenvalue weighted by atomic mass is 10.4. The van der Waals surface area contributed by atoms with Gasteiger partial charge in [0.25, 0.3) is 0 Å². The maximum atomic E-state index is 10.7. The molecule has 0 atom stereocenters. The highest BCUT2D eigenvalue weighted by Crippen LogP contribution is 2.11. The number of hydrogen-bond donors (Lipinski definition) is 2. The summed E-state index contributed by atoms with van der Waals surface area (Å²) in [4.78, 5) is 4.18. The molecule has 0 unspecified atom stereocenters. The molecule has 1 rings (SSSR count). The highest BCUT2D eigenvalue weighted by Gasteiger charge is 2.02. The van der Waals surface area contributed by atoms with Crippen LogP contribution in [0.3, 0.4) is 0 Å². The number of hydrogen-bond acceptors (Lipinski definition) is 5. The van der Waals surface area contributed by atoms with Crippen molar-refractivity contribution in [1.29, 1.82) is 0 Å². The van der Waals surface area contributed by atoms with Crippen molar-refractivity contribution in [2.24, 2.45) is 5.14 Å². The number of aromatic nitrogens is 1. The maximum absolute atomic E-state index is 10.7. The van der Waals surface area contributed by atoms with Crippen LogP contribution in [0.2, 0.25) is 0 Å².